The zero-order chi connectivity index (χ0) is 14.7. The third kappa shape index (κ3) is 2.92. The third-order valence-corrected chi connectivity index (χ3v) is 3.90. The molecule has 0 aliphatic heterocycles. The van der Waals surface area contributed by atoms with Crippen LogP contribution >= 0.6 is 23.5 Å². The lowest BCUT2D eigenvalue weighted by atomic mass is 10.2. The Hall–Kier alpha value is -2.29. The van der Waals surface area contributed by atoms with Crippen molar-refractivity contribution >= 4 is 40.1 Å². The summed E-state index contributed by atoms with van der Waals surface area (Å²) in [5.74, 6) is 0. The van der Waals surface area contributed by atoms with Gasteiger partial charge in [-0.15, -0.1) is 0 Å². The standard InChI is InChI=1S/C15H9ClN4S/c16-12-4-3-11-2-1-6-19-14(11)15(12)20-21-13-8-10(9-17)5-7-18-13/h1-8,20H. The van der Waals surface area contributed by atoms with Crippen LogP contribution in [0.1, 0.15) is 5.56 Å². The molecule has 0 bridgehead atoms. The fourth-order valence-corrected chi connectivity index (χ4v) is 2.82. The minimum atomic E-state index is 0.566. The van der Waals surface area contributed by atoms with Gasteiger partial charge < -0.3 is 4.72 Å². The Balaban J connectivity index is 1.91. The summed E-state index contributed by atoms with van der Waals surface area (Å²) in [4.78, 5) is 8.55. The van der Waals surface area contributed by atoms with Gasteiger partial charge in [-0.1, -0.05) is 23.7 Å². The van der Waals surface area contributed by atoms with Crippen molar-refractivity contribution in [3.63, 3.8) is 0 Å². The van der Waals surface area contributed by atoms with Crippen molar-refractivity contribution < 1.29 is 0 Å². The second kappa shape index (κ2) is 6.00. The first kappa shape index (κ1) is 13.7. The van der Waals surface area contributed by atoms with E-state index < -0.39 is 0 Å². The van der Waals surface area contributed by atoms with E-state index in [0.29, 0.717) is 15.6 Å². The molecule has 0 radical (unpaired) electrons. The Morgan fingerprint density at radius 1 is 1.14 bits per heavy atom. The zero-order valence-electron chi connectivity index (χ0n) is 10.7. The molecule has 2 aromatic heterocycles. The van der Waals surface area contributed by atoms with Crippen molar-refractivity contribution in [2.75, 3.05) is 4.72 Å². The maximum absolute atomic E-state index is 8.89. The van der Waals surface area contributed by atoms with Crippen LogP contribution in [0.2, 0.25) is 5.02 Å². The molecule has 1 aromatic carbocycles. The van der Waals surface area contributed by atoms with Gasteiger partial charge in [0.2, 0.25) is 0 Å². The zero-order valence-corrected chi connectivity index (χ0v) is 12.3. The summed E-state index contributed by atoms with van der Waals surface area (Å²) in [6, 6.07) is 13.1. The molecule has 1 N–H and O–H groups in total. The highest BCUT2D eigenvalue weighted by Gasteiger charge is 2.08. The molecule has 4 nitrogen and oxygen atoms in total. The Kier molecular flexibility index (Phi) is 3.91. The number of nitrogens with zero attached hydrogens (tertiary/aromatic N) is 3. The van der Waals surface area contributed by atoms with E-state index in [0.717, 1.165) is 16.6 Å². The fourth-order valence-electron chi connectivity index (χ4n) is 1.86. The van der Waals surface area contributed by atoms with E-state index in [1.165, 1.54) is 11.9 Å². The molecule has 102 valence electrons. The Morgan fingerprint density at radius 2 is 2.05 bits per heavy atom. The summed E-state index contributed by atoms with van der Waals surface area (Å²) in [7, 11) is 0. The minimum absolute atomic E-state index is 0.566. The number of nitriles is 1. The summed E-state index contributed by atoms with van der Waals surface area (Å²) in [6.45, 7) is 0. The minimum Gasteiger partial charge on any atom is -0.321 e. The quantitative estimate of drug-likeness (QED) is 0.732. The van der Waals surface area contributed by atoms with E-state index in [9.17, 15) is 0 Å². The molecule has 0 atom stereocenters. The molecule has 3 aromatic rings. The average Bonchev–Trinajstić information content (AvgIpc) is 2.54. The number of pyridine rings is 2. The van der Waals surface area contributed by atoms with Crippen LogP contribution in [0.25, 0.3) is 10.9 Å². The van der Waals surface area contributed by atoms with E-state index in [4.69, 9.17) is 16.9 Å². The number of anilines is 1. The molecule has 0 fully saturated rings. The lowest BCUT2D eigenvalue weighted by Crippen LogP contribution is -1.93. The van der Waals surface area contributed by atoms with Crippen molar-refractivity contribution in [2.24, 2.45) is 0 Å². The van der Waals surface area contributed by atoms with Gasteiger partial charge in [0.25, 0.3) is 0 Å². The number of halogens is 1. The molecular formula is C15H9ClN4S. The monoisotopic (exact) mass is 312 g/mol. The summed E-state index contributed by atoms with van der Waals surface area (Å²) in [5.41, 5.74) is 2.11. The van der Waals surface area contributed by atoms with Gasteiger partial charge in [0.15, 0.2) is 0 Å². The summed E-state index contributed by atoms with van der Waals surface area (Å²) < 4.78 is 3.17. The van der Waals surface area contributed by atoms with Crippen LogP contribution in [0.3, 0.4) is 0 Å². The molecule has 6 heteroatoms. The maximum Gasteiger partial charge on any atom is 0.118 e. The van der Waals surface area contributed by atoms with E-state index in [-0.39, 0.29) is 0 Å². The third-order valence-electron chi connectivity index (χ3n) is 2.85. The van der Waals surface area contributed by atoms with Crippen molar-refractivity contribution in [3.05, 3.63) is 59.4 Å². The molecule has 3 rings (SSSR count). The topological polar surface area (TPSA) is 61.6 Å². The number of fused-ring (bicyclic) bond motifs is 1. The highest BCUT2D eigenvalue weighted by atomic mass is 35.5. The first-order valence-electron chi connectivity index (χ1n) is 6.10. The van der Waals surface area contributed by atoms with Crippen molar-refractivity contribution in [1.82, 2.24) is 9.97 Å². The van der Waals surface area contributed by atoms with E-state index in [1.807, 2.05) is 24.3 Å². The van der Waals surface area contributed by atoms with E-state index in [1.54, 1.807) is 24.5 Å². The highest BCUT2D eigenvalue weighted by Crippen LogP contribution is 2.32. The van der Waals surface area contributed by atoms with Gasteiger partial charge in [-0.05, 0) is 24.3 Å². The largest absolute Gasteiger partial charge is 0.321 e. The number of hydrogen-bond donors (Lipinski definition) is 1. The fraction of sp³-hybridized carbons (Fsp3) is 0. The van der Waals surface area contributed by atoms with Crippen molar-refractivity contribution in [3.8, 4) is 6.07 Å². The van der Waals surface area contributed by atoms with Crippen molar-refractivity contribution in [1.29, 1.82) is 5.26 Å². The van der Waals surface area contributed by atoms with Crippen LogP contribution in [0, 0.1) is 11.3 Å². The van der Waals surface area contributed by atoms with Crippen LogP contribution in [0.15, 0.2) is 53.8 Å². The van der Waals surface area contributed by atoms with Crippen LogP contribution in [-0.4, -0.2) is 9.97 Å². The molecule has 0 aliphatic rings. The van der Waals surface area contributed by atoms with Crippen molar-refractivity contribution in [2.45, 2.75) is 5.03 Å². The van der Waals surface area contributed by atoms with Crippen LogP contribution < -0.4 is 4.72 Å². The molecule has 21 heavy (non-hydrogen) atoms. The van der Waals surface area contributed by atoms with Gasteiger partial charge in [-0.25, -0.2) is 4.98 Å². The molecule has 0 saturated heterocycles. The van der Waals surface area contributed by atoms with Gasteiger partial charge in [-0.3, -0.25) is 4.98 Å². The molecule has 0 saturated carbocycles. The number of rotatable bonds is 3. The van der Waals surface area contributed by atoms with Crippen LogP contribution in [0.5, 0.6) is 0 Å². The smallest absolute Gasteiger partial charge is 0.118 e. The van der Waals surface area contributed by atoms with Gasteiger partial charge in [0, 0.05) is 29.7 Å². The van der Waals surface area contributed by atoms with Crippen LogP contribution in [-0.2, 0) is 0 Å². The van der Waals surface area contributed by atoms with Gasteiger partial charge in [0.05, 0.1) is 27.9 Å². The molecular weight excluding hydrogens is 304 g/mol. The number of hydrogen-bond acceptors (Lipinski definition) is 5. The predicted molar refractivity (Wildman–Crippen MR) is 85.2 cm³/mol. The molecule has 0 aliphatic carbocycles. The Labute approximate surface area is 130 Å². The second-order valence-electron chi connectivity index (χ2n) is 4.20. The SMILES string of the molecule is N#Cc1ccnc(SNc2c(Cl)ccc3cccnc23)c1. The normalized spacial score (nSPS) is 10.3. The molecule has 0 spiro atoms. The highest BCUT2D eigenvalue weighted by molar-refractivity contribution is 8.00. The first-order valence-corrected chi connectivity index (χ1v) is 7.29. The molecule has 2 heterocycles. The van der Waals surface area contributed by atoms with Gasteiger partial charge in [-0.2, -0.15) is 5.26 Å². The summed E-state index contributed by atoms with van der Waals surface area (Å²) in [5, 5.41) is 11.2. The predicted octanol–water partition coefficient (Wildman–Crippen LogP) is 4.27. The van der Waals surface area contributed by atoms with Gasteiger partial charge >= 0.3 is 0 Å². The Bertz CT molecular complexity index is 844. The summed E-state index contributed by atoms with van der Waals surface area (Å²) in [6.07, 6.45) is 3.33. The number of benzene rings is 1. The summed E-state index contributed by atoms with van der Waals surface area (Å²) >= 11 is 7.53. The van der Waals surface area contributed by atoms with E-state index >= 15 is 0 Å². The maximum atomic E-state index is 8.89. The Morgan fingerprint density at radius 3 is 2.90 bits per heavy atom. The first-order chi connectivity index (χ1) is 10.3. The van der Waals surface area contributed by atoms with Gasteiger partial charge in [0.1, 0.15) is 5.03 Å². The second-order valence-corrected chi connectivity index (χ2v) is 5.43. The number of nitrogens with one attached hydrogen (secondary N) is 1. The number of aromatic nitrogens is 2. The average molecular weight is 313 g/mol. The lowest BCUT2D eigenvalue weighted by molar-refractivity contribution is 1.13. The van der Waals surface area contributed by atoms with E-state index in [2.05, 4.69) is 20.8 Å². The molecule has 0 amide bonds. The van der Waals surface area contributed by atoms with Crippen LogP contribution in [0.4, 0.5) is 5.69 Å². The molecule has 0 unspecified atom stereocenters. The lowest BCUT2D eigenvalue weighted by Gasteiger charge is -2.09.